The highest BCUT2D eigenvalue weighted by Crippen LogP contribution is 2.08. The smallest absolute Gasteiger partial charge is 0.196 e. The molecule has 12 heavy (non-hydrogen) atoms. The number of H-pyrrole nitrogens is 1. The number of carbonyl (C=O) groups excluding carboxylic acids is 1. The fourth-order valence-corrected chi connectivity index (χ4v) is 1.11. The minimum absolute atomic E-state index is 0.0139. The molecule has 1 heterocycles. The van der Waals surface area contributed by atoms with Crippen LogP contribution in [0.25, 0.3) is 0 Å². The van der Waals surface area contributed by atoms with Crippen molar-refractivity contribution in [3.05, 3.63) is 27.0 Å². The number of Topliss-reactive ketones (excluding diaryl/α,β-unsaturated/α-hetero) is 1. The van der Waals surface area contributed by atoms with Crippen LogP contribution in [0.1, 0.15) is 17.3 Å². The maximum Gasteiger partial charge on any atom is 0.196 e. The molecular formula is C7H7ClN2O2. The number of ketones is 1. The van der Waals surface area contributed by atoms with Gasteiger partial charge in [-0.1, -0.05) is 11.6 Å². The number of hydrogen-bond donors (Lipinski definition) is 2. The highest BCUT2D eigenvalue weighted by Gasteiger charge is 2.10. The van der Waals surface area contributed by atoms with Gasteiger partial charge in [-0.15, -0.1) is 0 Å². The SMILES string of the molecule is CC(=O)c1c(N)[nH]c(Cl)cc1=O. The van der Waals surface area contributed by atoms with E-state index < -0.39 is 5.43 Å². The van der Waals surface area contributed by atoms with Gasteiger partial charge < -0.3 is 10.7 Å². The molecule has 3 N–H and O–H groups in total. The van der Waals surface area contributed by atoms with Gasteiger partial charge in [0.05, 0.1) is 0 Å². The first-order chi connectivity index (χ1) is 5.52. The third kappa shape index (κ3) is 1.48. The predicted molar refractivity (Wildman–Crippen MR) is 46.5 cm³/mol. The van der Waals surface area contributed by atoms with Crippen molar-refractivity contribution in [2.24, 2.45) is 0 Å². The quantitative estimate of drug-likeness (QED) is 0.504. The average Bonchev–Trinajstić information content (AvgIpc) is 1.82. The zero-order valence-electron chi connectivity index (χ0n) is 6.35. The number of rotatable bonds is 1. The van der Waals surface area contributed by atoms with Gasteiger partial charge in [-0.25, -0.2) is 0 Å². The Bertz CT molecular complexity index is 383. The summed E-state index contributed by atoms with van der Waals surface area (Å²) in [4.78, 5) is 24.4. The summed E-state index contributed by atoms with van der Waals surface area (Å²) in [7, 11) is 0. The third-order valence-corrected chi connectivity index (χ3v) is 1.58. The van der Waals surface area contributed by atoms with Gasteiger partial charge in [0.25, 0.3) is 0 Å². The average molecular weight is 187 g/mol. The summed E-state index contributed by atoms with van der Waals surface area (Å²) in [5.74, 6) is -0.356. The van der Waals surface area contributed by atoms with Crippen molar-refractivity contribution in [3.8, 4) is 0 Å². The third-order valence-electron chi connectivity index (χ3n) is 1.38. The summed E-state index contributed by atoms with van der Waals surface area (Å²) in [6.45, 7) is 1.27. The molecular weight excluding hydrogens is 180 g/mol. The second kappa shape index (κ2) is 2.98. The van der Waals surface area contributed by atoms with E-state index in [1.54, 1.807) is 0 Å². The molecule has 0 amide bonds. The number of hydrogen-bond acceptors (Lipinski definition) is 3. The van der Waals surface area contributed by atoms with E-state index in [2.05, 4.69) is 4.98 Å². The van der Waals surface area contributed by atoms with Gasteiger partial charge in [0, 0.05) is 6.07 Å². The van der Waals surface area contributed by atoms with Crippen LogP contribution >= 0.6 is 11.6 Å². The van der Waals surface area contributed by atoms with Crippen LogP contribution in [-0.2, 0) is 0 Å². The van der Waals surface area contributed by atoms with E-state index in [4.69, 9.17) is 17.3 Å². The van der Waals surface area contributed by atoms with E-state index in [9.17, 15) is 9.59 Å². The summed E-state index contributed by atoms with van der Waals surface area (Å²) in [6.07, 6.45) is 0. The van der Waals surface area contributed by atoms with E-state index in [-0.39, 0.29) is 22.3 Å². The van der Waals surface area contributed by atoms with Crippen molar-refractivity contribution in [1.82, 2.24) is 4.98 Å². The molecule has 5 heteroatoms. The molecule has 4 nitrogen and oxygen atoms in total. The van der Waals surface area contributed by atoms with Crippen LogP contribution in [0, 0.1) is 0 Å². The van der Waals surface area contributed by atoms with Crippen molar-refractivity contribution in [3.63, 3.8) is 0 Å². The van der Waals surface area contributed by atoms with Crippen LogP contribution in [-0.4, -0.2) is 10.8 Å². The largest absolute Gasteiger partial charge is 0.385 e. The van der Waals surface area contributed by atoms with Gasteiger partial charge in [-0.05, 0) is 6.92 Å². The number of aromatic amines is 1. The lowest BCUT2D eigenvalue weighted by molar-refractivity contribution is 0.101. The number of pyridine rings is 1. The van der Waals surface area contributed by atoms with E-state index in [1.807, 2.05) is 0 Å². The number of nitrogens with two attached hydrogens (primary N) is 1. The summed E-state index contributed by atoms with van der Waals surface area (Å²) in [5, 5.41) is 0.127. The maximum absolute atomic E-state index is 11.1. The number of anilines is 1. The molecule has 0 unspecified atom stereocenters. The molecule has 0 spiro atoms. The lowest BCUT2D eigenvalue weighted by atomic mass is 10.2. The zero-order chi connectivity index (χ0) is 9.30. The molecule has 0 radical (unpaired) electrons. The number of halogens is 1. The van der Waals surface area contributed by atoms with E-state index in [0.29, 0.717) is 0 Å². The Morgan fingerprint density at radius 2 is 2.25 bits per heavy atom. The number of nitrogen functional groups attached to an aromatic ring is 1. The fourth-order valence-electron chi connectivity index (χ4n) is 0.910. The highest BCUT2D eigenvalue weighted by molar-refractivity contribution is 6.29. The standard InChI is InChI=1S/C7H7ClN2O2/c1-3(11)6-4(12)2-5(8)10-7(6)9/h2H,1H3,(H3,9,10,12). The summed E-state index contributed by atoms with van der Waals surface area (Å²) in [6, 6.07) is 1.12. The molecule has 0 aliphatic carbocycles. The van der Waals surface area contributed by atoms with Crippen molar-refractivity contribution in [1.29, 1.82) is 0 Å². The van der Waals surface area contributed by atoms with E-state index in [1.165, 1.54) is 6.92 Å². The first-order valence-electron chi connectivity index (χ1n) is 3.21. The lowest BCUT2D eigenvalue weighted by Gasteiger charge is -2.00. The van der Waals surface area contributed by atoms with Crippen molar-refractivity contribution >= 4 is 23.2 Å². The monoisotopic (exact) mass is 186 g/mol. The Morgan fingerprint density at radius 1 is 1.67 bits per heavy atom. The zero-order valence-corrected chi connectivity index (χ0v) is 7.11. The Hall–Kier alpha value is -1.29. The minimum Gasteiger partial charge on any atom is -0.385 e. The highest BCUT2D eigenvalue weighted by atomic mass is 35.5. The van der Waals surface area contributed by atoms with Gasteiger partial charge in [0.2, 0.25) is 0 Å². The molecule has 0 aromatic carbocycles. The molecule has 0 fully saturated rings. The summed E-state index contributed by atoms with van der Waals surface area (Å²) < 4.78 is 0. The number of nitrogens with one attached hydrogen (secondary N) is 1. The summed E-state index contributed by atoms with van der Waals surface area (Å²) >= 11 is 5.48. The Kier molecular flexibility index (Phi) is 2.19. The van der Waals surface area contributed by atoms with Crippen LogP contribution in [0.15, 0.2) is 10.9 Å². The maximum atomic E-state index is 11.1. The fraction of sp³-hybridized carbons (Fsp3) is 0.143. The van der Waals surface area contributed by atoms with Crippen LogP contribution in [0.2, 0.25) is 5.15 Å². The first kappa shape index (κ1) is 8.80. The molecule has 0 saturated heterocycles. The number of carbonyl (C=O) groups is 1. The van der Waals surface area contributed by atoms with E-state index >= 15 is 0 Å². The molecule has 0 aliphatic heterocycles. The molecule has 0 saturated carbocycles. The van der Waals surface area contributed by atoms with E-state index in [0.717, 1.165) is 6.07 Å². The van der Waals surface area contributed by atoms with Gasteiger partial charge in [-0.2, -0.15) is 0 Å². The number of aromatic nitrogens is 1. The molecule has 0 aliphatic rings. The Balaban J connectivity index is 3.49. The minimum atomic E-state index is -0.455. The van der Waals surface area contributed by atoms with Crippen molar-refractivity contribution in [2.45, 2.75) is 6.92 Å². The second-order valence-corrected chi connectivity index (χ2v) is 2.73. The van der Waals surface area contributed by atoms with Crippen LogP contribution in [0.5, 0.6) is 0 Å². The normalized spacial score (nSPS) is 9.83. The predicted octanol–water partition coefficient (Wildman–Crippen LogP) is 0.813. The van der Waals surface area contributed by atoms with Crippen LogP contribution in [0.3, 0.4) is 0 Å². The molecule has 0 bridgehead atoms. The lowest BCUT2D eigenvalue weighted by Crippen LogP contribution is -2.16. The van der Waals surface area contributed by atoms with Crippen molar-refractivity contribution < 1.29 is 4.79 Å². The Labute approximate surface area is 73.3 Å². The van der Waals surface area contributed by atoms with Gasteiger partial charge in [-0.3, -0.25) is 9.59 Å². The topological polar surface area (TPSA) is 76.0 Å². The molecule has 1 aromatic heterocycles. The Morgan fingerprint density at radius 3 is 2.67 bits per heavy atom. The van der Waals surface area contributed by atoms with Crippen LogP contribution in [0.4, 0.5) is 5.82 Å². The van der Waals surface area contributed by atoms with Crippen LogP contribution < -0.4 is 11.2 Å². The van der Waals surface area contributed by atoms with Gasteiger partial charge >= 0.3 is 0 Å². The molecule has 1 rings (SSSR count). The summed E-state index contributed by atoms with van der Waals surface area (Å²) in [5.41, 5.74) is 4.87. The second-order valence-electron chi connectivity index (χ2n) is 2.33. The molecule has 1 aromatic rings. The van der Waals surface area contributed by atoms with Crippen molar-refractivity contribution in [2.75, 3.05) is 5.73 Å². The molecule has 0 atom stereocenters. The first-order valence-corrected chi connectivity index (χ1v) is 3.59. The van der Waals surface area contributed by atoms with Gasteiger partial charge in [0.1, 0.15) is 16.5 Å². The van der Waals surface area contributed by atoms with Gasteiger partial charge in [0.15, 0.2) is 11.2 Å². The molecule has 64 valence electrons.